The van der Waals surface area contributed by atoms with E-state index in [4.69, 9.17) is 16.3 Å². The molecule has 0 spiro atoms. The van der Waals surface area contributed by atoms with Gasteiger partial charge < -0.3 is 19.5 Å². The standard InChI is InChI=1S/C16H22ClN5O.HI/c1-18-16(19-9-13-6-5-7-15(20-13)23-4)22(3)11-14-8-12(17)10-21(14)2;/h5-8,10H,9,11H2,1-4H3,(H,18,19);1H. The first-order chi connectivity index (χ1) is 11.0. The number of nitrogens with zero attached hydrogens (tertiary/aromatic N) is 4. The molecule has 0 aliphatic heterocycles. The van der Waals surface area contributed by atoms with Crippen LogP contribution in [0.15, 0.2) is 35.5 Å². The average molecular weight is 464 g/mol. The summed E-state index contributed by atoms with van der Waals surface area (Å²) in [6.45, 7) is 1.27. The summed E-state index contributed by atoms with van der Waals surface area (Å²) in [6, 6.07) is 7.64. The molecule has 8 heteroatoms. The Balaban J connectivity index is 0.00000288. The summed E-state index contributed by atoms with van der Waals surface area (Å²) in [7, 11) is 7.33. The Morgan fingerprint density at radius 2 is 2.21 bits per heavy atom. The zero-order valence-corrected chi connectivity index (χ0v) is 17.4. The number of ether oxygens (including phenoxy) is 1. The van der Waals surface area contributed by atoms with Gasteiger partial charge in [0.15, 0.2) is 5.96 Å². The predicted octanol–water partition coefficient (Wildman–Crippen LogP) is 2.91. The van der Waals surface area contributed by atoms with Crippen molar-refractivity contribution in [3.05, 3.63) is 46.9 Å². The van der Waals surface area contributed by atoms with E-state index in [0.29, 0.717) is 19.0 Å². The molecule has 0 atom stereocenters. The Labute approximate surface area is 164 Å². The fourth-order valence-electron chi connectivity index (χ4n) is 2.27. The highest BCUT2D eigenvalue weighted by atomic mass is 127. The topological polar surface area (TPSA) is 54.7 Å². The Morgan fingerprint density at radius 1 is 1.46 bits per heavy atom. The Morgan fingerprint density at radius 3 is 2.79 bits per heavy atom. The number of nitrogens with one attached hydrogen (secondary N) is 1. The number of pyridine rings is 1. The summed E-state index contributed by atoms with van der Waals surface area (Å²) in [5, 5.41) is 4.03. The van der Waals surface area contributed by atoms with E-state index in [9.17, 15) is 0 Å². The molecule has 0 bridgehead atoms. The van der Waals surface area contributed by atoms with Gasteiger partial charge in [-0.2, -0.15) is 0 Å². The summed E-state index contributed by atoms with van der Waals surface area (Å²) >= 11 is 6.03. The minimum Gasteiger partial charge on any atom is -0.481 e. The molecule has 0 saturated heterocycles. The van der Waals surface area contributed by atoms with Gasteiger partial charge in [0.2, 0.25) is 5.88 Å². The molecule has 6 nitrogen and oxygen atoms in total. The number of hydrogen-bond acceptors (Lipinski definition) is 3. The molecule has 0 unspecified atom stereocenters. The fourth-order valence-corrected chi connectivity index (χ4v) is 2.54. The van der Waals surface area contributed by atoms with Crippen LogP contribution in [0, 0.1) is 0 Å². The second kappa shape index (κ2) is 9.73. The van der Waals surface area contributed by atoms with Crippen LogP contribution in [0.2, 0.25) is 5.02 Å². The number of aryl methyl sites for hydroxylation is 1. The smallest absolute Gasteiger partial charge is 0.213 e. The van der Waals surface area contributed by atoms with Gasteiger partial charge in [-0.25, -0.2) is 4.98 Å². The molecule has 0 amide bonds. The molecule has 2 aromatic heterocycles. The maximum Gasteiger partial charge on any atom is 0.213 e. The Kier molecular flexibility index (Phi) is 8.34. The zero-order chi connectivity index (χ0) is 16.8. The lowest BCUT2D eigenvalue weighted by Crippen LogP contribution is -2.38. The van der Waals surface area contributed by atoms with Crippen LogP contribution in [0.4, 0.5) is 0 Å². The summed E-state index contributed by atoms with van der Waals surface area (Å²) in [6.07, 6.45) is 1.89. The average Bonchev–Trinajstić information content (AvgIpc) is 2.85. The fraction of sp³-hybridized carbons (Fsp3) is 0.375. The van der Waals surface area contributed by atoms with Crippen molar-refractivity contribution in [2.75, 3.05) is 21.2 Å². The molecule has 0 aliphatic carbocycles. The number of aliphatic imine (C=N–C) groups is 1. The van der Waals surface area contributed by atoms with Crippen molar-refractivity contribution in [2.45, 2.75) is 13.1 Å². The molecule has 2 heterocycles. The van der Waals surface area contributed by atoms with Crippen molar-refractivity contribution in [3.8, 4) is 5.88 Å². The molecule has 2 rings (SSSR count). The largest absolute Gasteiger partial charge is 0.481 e. The van der Waals surface area contributed by atoms with E-state index >= 15 is 0 Å². The van der Waals surface area contributed by atoms with E-state index in [1.54, 1.807) is 14.2 Å². The third-order valence-electron chi connectivity index (χ3n) is 3.47. The summed E-state index contributed by atoms with van der Waals surface area (Å²) in [4.78, 5) is 10.7. The summed E-state index contributed by atoms with van der Waals surface area (Å²) < 4.78 is 7.14. The first-order valence-corrected chi connectivity index (χ1v) is 7.63. The molecule has 132 valence electrons. The van der Waals surface area contributed by atoms with Crippen molar-refractivity contribution in [3.63, 3.8) is 0 Å². The van der Waals surface area contributed by atoms with Gasteiger partial charge >= 0.3 is 0 Å². The van der Waals surface area contributed by atoms with Gasteiger partial charge in [0.1, 0.15) is 0 Å². The minimum atomic E-state index is 0. The second-order valence-electron chi connectivity index (χ2n) is 5.19. The predicted molar refractivity (Wildman–Crippen MR) is 108 cm³/mol. The van der Waals surface area contributed by atoms with Crippen LogP contribution < -0.4 is 10.1 Å². The maximum atomic E-state index is 6.03. The molecule has 2 aromatic rings. The monoisotopic (exact) mass is 463 g/mol. The first-order valence-electron chi connectivity index (χ1n) is 7.26. The molecule has 1 N–H and O–H groups in total. The minimum absolute atomic E-state index is 0. The van der Waals surface area contributed by atoms with E-state index in [1.165, 1.54) is 0 Å². The number of aromatic nitrogens is 2. The van der Waals surface area contributed by atoms with E-state index in [0.717, 1.165) is 22.4 Å². The van der Waals surface area contributed by atoms with E-state index in [1.807, 2.05) is 54.0 Å². The van der Waals surface area contributed by atoms with Gasteiger partial charge in [-0.05, 0) is 12.1 Å². The van der Waals surface area contributed by atoms with Crippen LogP contribution >= 0.6 is 35.6 Å². The van der Waals surface area contributed by atoms with Gasteiger partial charge in [0.05, 0.1) is 30.9 Å². The normalized spacial score (nSPS) is 11.0. The molecule has 0 radical (unpaired) electrons. The lowest BCUT2D eigenvalue weighted by molar-refractivity contribution is 0.395. The van der Waals surface area contributed by atoms with Crippen LogP contribution in [-0.4, -0.2) is 41.6 Å². The summed E-state index contributed by atoms with van der Waals surface area (Å²) in [5.74, 6) is 1.39. The number of halogens is 2. The highest BCUT2D eigenvalue weighted by Crippen LogP contribution is 2.14. The molecule has 0 saturated carbocycles. The zero-order valence-electron chi connectivity index (χ0n) is 14.3. The van der Waals surface area contributed by atoms with Crippen LogP contribution in [0.5, 0.6) is 5.88 Å². The number of hydrogen-bond donors (Lipinski definition) is 1. The van der Waals surface area contributed by atoms with Crippen molar-refractivity contribution < 1.29 is 4.74 Å². The Hall–Kier alpha value is -1.48. The van der Waals surface area contributed by atoms with E-state index < -0.39 is 0 Å². The van der Waals surface area contributed by atoms with Gasteiger partial charge in [-0.15, -0.1) is 24.0 Å². The van der Waals surface area contributed by atoms with Gasteiger partial charge in [-0.3, -0.25) is 4.99 Å². The second-order valence-corrected chi connectivity index (χ2v) is 5.63. The highest BCUT2D eigenvalue weighted by molar-refractivity contribution is 14.0. The quantitative estimate of drug-likeness (QED) is 0.421. The maximum absolute atomic E-state index is 6.03. The van der Waals surface area contributed by atoms with E-state index in [2.05, 4.69) is 15.3 Å². The summed E-state index contributed by atoms with van der Waals surface area (Å²) in [5.41, 5.74) is 2.00. The van der Waals surface area contributed by atoms with Crippen molar-refractivity contribution in [1.82, 2.24) is 19.8 Å². The van der Waals surface area contributed by atoms with E-state index in [-0.39, 0.29) is 24.0 Å². The number of rotatable bonds is 5. The lowest BCUT2D eigenvalue weighted by Gasteiger charge is -2.22. The molecule has 24 heavy (non-hydrogen) atoms. The molecule has 0 fully saturated rings. The van der Waals surface area contributed by atoms with Gasteiger partial charge in [0, 0.05) is 39.1 Å². The third-order valence-corrected chi connectivity index (χ3v) is 3.67. The van der Waals surface area contributed by atoms with Crippen molar-refractivity contribution >= 4 is 41.5 Å². The molecular weight excluding hydrogens is 441 g/mol. The first kappa shape index (κ1) is 20.6. The van der Waals surface area contributed by atoms with Crippen LogP contribution in [0.25, 0.3) is 0 Å². The molecular formula is C16H23ClIN5O. The SMILES string of the molecule is CN=C(NCc1cccc(OC)n1)N(C)Cc1cc(Cl)cn1C.I. The lowest BCUT2D eigenvalue weighted by atomic mass is 10.3. The van der Waals surface area contributed by atoms with Crippen LogP contribution in [-0.2, 0) is 20.1 Å². The Bertz CT molecular complexity index is 689. The third kappa shape index (κ3) is 5.55. The highest BCUT2D eigenvalue weighted by Gasteiger charge is 2.10. The van der Waals surface area contributed by atoms with Gasteiger partial charge in [0.25, 0.3) is 0 Å². The number of guanidine groups is 1. The van der Waals surface area contributed by atoms with Crippen molar-refractivity contribution in [2.24, 2.45) is 12.0 Å². The van der Waals surface area contributed by atoms with Crippen LogP contribution in [0.1, 0.15) is 11.4 Å². The van der Waals surface area contributed by atoms with Crippen molar-refractivity contribution in [1.29, 1.82) is 0 Å². The number of methoxy groups -OCH3 is 1. The van der Waals surface area contributed by atoms with Crippen LogP contribution in [0.3, 0.4) is 0 Å². The van der Waals surface area contributed by atoms with Gasteiger partial charge in [-0.1, -0.05) is 17.7 Å². The molecule has 0 aliphatic rings. The molecule has 0 aromatic carbocycles.